The van der Waals surface area contributed by atoms with E-state index >= 15 is 0 Å². The Morgan fingerprint density at radius 3 is 1.95 bits per heavy atom. The summed E-state index contributed by atoms with van der Waals surface area (Å²) in [6.07, 6.45) is 7.67. The van der Waals surface area contributed by atoms with Crippen LogP contribution >= 0.6 is 7.92 Å². The summed E-state index contributed by atoms with van der Waals surface area (Å²) < 4.78 is 0. The van der Waals surface area contributed by atoms with E-state index in [1.54, 1.807) is 0 Å². The number of hydrogen-bond acceptors (Lipinski definition) is 0. The fraction of sp³-hybridized carbons (Fsp3) is 0. The Hall–Kier alpha value is -2.17. The lowest BCUT2D eigenvalue weighted by Crippen LogP contribution is -2.12. The summed E-state index contributed by atoms with van der Waals surface area (Å²) in [6, 6.07) is 19.1. The van der Waals surface area contributed by atoms with Gasteiger partial charge in [0, 0.05) is 0 Å². The molecule has 104 valence electrons. The van der Waals surface area contributed by atoms with Gasteiger partial charge in [0.15, 0.2) is 0 Å². The average molecular weight is 290 g/mol. The predicted octanol–water partition coefficient (Wildman–Crippen LogP) is 5.02. The van der Waals surface area contributed by atoms with Crippen LogP contribution in [0.2, 0.25) is 0 Å². The third-order valence-corrected chi connectivity index (χ3v) is 5.63. The SMILES string of the molecule is C=C/C=C(\C=C)P(c1ccccc1)c1ccc(C=C)cc1. The maximum absolute atomic E-state index is 3.97. The minimum Gasteiger partial charge on any atom is -0.0990 e. The van der Waals surface area contributed by atoms with Crippen molar-refractivity contribution in [3.05, 3.63) is 103 Å². The summed E-state index contributed by atoms with van der Waals surface area (Å²) in [4.78, 5) is 0. The van der Waals surface area contributed by atoms with Crippen LogP contribution in [0.4, 0.5) is 0 Å². The quantitative estimate of drug-likeness (QED) is 0.518. The smallest absolute Gasteiger partial charge is 0.0135 e. The van der Waals surface area contributed by atoms with Crippen molar-refractivity contribution >= 4 is 24.6 Å². The molecule has 1 unspecified atom stereocenters. The molecule has 0 saturated carbocycles. The summed E-state index contributed by atoms with van der Waals surface area (Å²) in [5.74, 6) is 0. The molecule has 1 atom stereocenters. The molecule has 0 spiro atoms. The normalized spacial score (nSPS) is 12.5. The molecule has 0 saturated heterocycles. The molecule has 0 nitrogen and oxygen atoms in total. The van der Waals surface area contributed by atoms with Gasteiger partial charge in [0.05, 0.1) is 0 Å². The summed E-state index contributed by atoms with van der Waals surface area (Å²) in [5.41, 5.74) is 1.13. The Balaban J connectivity index is 2.54. The summed E-state index contributed by atoms with van der Waals surface area (Å²) in [5, 5.41) is 3.82. The highest BCUT2D eigenvalue weighted by Crippen LogP contribution is 2.43. The highest BCUT2D eigenvalue weighted by atomic mass is 31.1. The van der Waals surface area contributed by atoms with Crippen molar-refractivity contribution in [1.29, 1.82) is 0 Å². The van der Waals surface area contributed by atoms with Crippen molar-refractivity contribution in [3.8, 4) is 0 Å². The van der Waals surface area contributed by atoms with Gasteiger partial charge in [-0.15, -0.1) is 0 Å². The van der Waals surface area contributed by atoms with Crippen LogP contribution in [0.3, 0.4) is 0 Å². The predicted molar refractivity (Wildman–Crippen MR) is 97.6 cm³/mol. The standard InChI is InChI=1S/C20H19P/c1-4-10-18(6-3)21(19-11-8-7-9-12-19)20-15-13-17(5-2)14-16-20/h4-16H,1-3H2/b18-10+. The van der Waals surface area contributed by atoms with Gasteiger partial charge < -0.3 is 0 Å². The van der Waals surface area contributed by atoms with Crippen molar-refractivity contribution in [2.24, 2.45) is 0 Å². The van der Waals surface area contributed by atoms with Gasteiger partial charge in [-0.05, 0) is 29.4 Å². The number of allylic oxidation sites excluding steroid dienone is 4. The van der Waals surface area contributed by atoms with E-state index in [1.807, 2.05) is 30.4 Å². The first-order valence-electron chi connectivity index (χ1n) is 6.83. The molecule has 0 aliphatic rings. The van der Waals surface area contributed by atoms with Crippen LogP contribution in [0, 0.1) is 0 Å². The van der Waals surface area contributed by atoms with Crippen molar-refractivity contribution in [2.45, 2.75) is 0 Å². The molecule has 0 fully saturated rings. The maximum Gasteiger partial charge on any atom is -0.0135 e. The first-order chi connectivity index (χ1) is 10.3. The second kappa shape index (κ2) is 7.57. The molecule has 0 bridgehead atoms. The second-order valence-corrected chi connectivity index (χ2v) is 6.72. The van der Waals surface area contributed by atoms with E-state index in [0.717, 1.165) is 5.56 Å². The summed E-state index contributed by atoms with van der Waals surface area (Å²) >= 11 is 0. The van der Waals surface area contributed by atoms with Gasteiger partial charge in [0.25, 0.3) is 0 Å². The Bertz CT molecular complexity index is 648. The van der Waals surface area contributed by atoms with Crippen LogP contribution in [-0.4, -0.2) is 0 Å². The molecule has 2 aromatic carbocycles. The molecule has 0 aromatic heterocycles. The first kappa shape index (κ1) is 15.2. The van der Waals surface area contributed by atoms with Gasteiger partial charge in [-0.3, -0.25) is 0 Å². The van der Waals surface area contributed by atoms with Crippen LogP contribution in [0.15, 0.2) is 97.9 Å². The monoisotopic (exact) mass is 290 g/mol. The first-order valence-corrected chi connectivity index (χ1v) is 8.17. The molecule has 21 heavy (non-hydrogen) atoms. The molecule has 1 heteroatoms. The van der Waals surface area contributed by atoms with Gasteiger partial charge in [0.2, 0.25) is 0 Å². The molecule has 0 N–H and O–H groups in total. The molecular formula is C20H19P. The largest absolute Gasteiger partial charge is 0.0990 e. The average Bonchev–Trinajstić information content (AvgIpc) is 2.56. The molecule has 0 heterocycles. The molecule has 2 rings (SSSR count). The van der Waals surface area contributed by atoms with Gasteiger partial charge in [-0.1, -0.05) is 98.6 Å². The highest BCUT2D eigenvalue weighted by Gasteiger charge is 2.16. The fourth-order valence-electron chi connectivity index (χ4n) is 2.14. The highest BCUT2D eigenvalue weighted by molar-refractivity contribution is 7.77. The topological polar surface area (TPSA) is 0 Å². The van der Waals surface area contributed by atoms with E-state index in [2.05, 4.69) is 68.3 Å². The van der Waals surface area contributed by atoms with E-state index in [4.69, 9.17) is 0 Å². The number of rotatable bonds is 6. The van der Waals surface area contributed by atoms with Crippen molar-refractivity contribution in [2.75, 3.05) is 0 Å². The molecule has 0 amide bonds. The number of hydrogen-bond donors (Lipinski definition) is 0. The number of benzene rings is 2. The fourth-order valence-corrected chi connectivity index (χ4v) is 4.39. The minimum atomic E-state index is -0.600. The molecule has 0 radical (unpaired) electrons. The van der Waals surface area contributed by atoms with Gasteiger partial charge in [-0.25, -0.2) is 0 Å². The zero-order valence-electron chi connectivity index (χ0n) is 12.1. The zero-order valence-corrected chi connectivity index (χ0v) is 13.0. The van der Waals surface area contributed by atoms with Gasteiger partial charge in [-0.2, -0.15) is 0 Å². The van der Waals surface area contributed by atoms with Crippen LogP contribution in [0.1, 0.15) is 5.56 Å². The summed E-state index contributed by atoms with van der Waals surface area (Å²) in [6.45, 7) is 11.6. The van der Waals surface area contributed by atoms with Crippen molar-refractivity contribution in [1.82, 2.24) is 0 Å². The molecule has 0 aliphatic carbocycles. The molecule has 2 aromatic rings. The van der Waals surface area contributed by atoms with Crippen LogP contribution in [0.5, 0.6) is 0 Å². The maximum atomic E-state index is 3.97. The van der Waals surface area contributed by atoms with E-state index in [1.165, 1.54) is 15.9 Å². The zero-order chi connectivity index (χ0) is 15.1. The van der Waals surface area contributed by atoms with E-state index < -0.39 is 7.92 Å². The molecule has 0 aliphatic heterocycles. The lowest BCUT2D eigenvalue weighted by atomic mass is 10.2. The second-order valence-electron chi connectivity index (χ2n) is 4.50. The third kappa shape index (κ3) is 3.68. The van der Waals surface area contributed by atoms with Crippen LogP contribution in [-0.2, 0) is 0 Å². The van der Waals surface area contributed by atoms with E-state index in [9.17, 15) is 0 Å². The Morgan fingerprint density at radius 1 is 0.810 bits per heavy atom. The lowest BCUT2D eigenvalue weighted by molar-refractivity contribution is 1.70. The minimum absolute atomic E-state index is 0.600. The third-order valence-electron chi connectivity index (χ3n) is 3.16. The van der Waals surface area contributed by atoms with Crippen molar-refractivity contribution in [3.63, 3.8) is 0 Å². The lowest BCUT2D eigenvalue weighted by Gasteiger charge is -2.20. The Morgan fingerprint density at radius 2 is 1.43 bits per heavy atom. The van der Waals surface area contributed by atoms with Crippen LogP contribution in [0.25, 0.3) is 6.08 Å². The van der Waals surface area contributed by atoms with Gasteiger partial charge in [0.1, 0.15) is 0 Å². The van der Waals surface area contributed by atoms with Crippen LogP contribution < -0.4 is 10.6 Å². The summed E-state index contributed by atoms with van der Waals surface area (Å²) in [7, 11) is -0.600. The van der Waals surface area contributed by atoms with E-state index in [0.29, 0.717) is 0 Å². The Labute approximate surface area is 128 Å². The van der Waals surface area contributed by atoms with Crippen molar-refractivity contribution < 1.29 is 0 Å². The van der Waals surface area contributed by atoms with E-state index in [-0.39, 0.29) is 0 Å². The van der Waals surface area contributed by atoms with Gasteiger partial charge >= 0.3 is 0 Å². The Kier molecular flexibility index (Phi) is 5.49. The molecular weight excluding hydrogens is 271 g/mol.